The normalized spacial score (nSPS) is 17.4. The number of furan rings is 1. The fourth-order valence-electron chi connectivity index (χ4n) is 4.63. The van der Waals surface area contributed by atoms with Crippen molar-refractivity contribution in [1.29, 1.82) is 0 Å². The van der Waals surface area contributed by atoms with E-state index in [9.17, 15) is 9.59 Å². The van der Waals surface area contributed by atoms with Crippen LogP contribution in [0.3, 0.4) is 0 Å². The molecule has 2 aliphatic rings. The number of aromatic nitrogens is 3. The smallest absolute Gasteiger partial charge is 0.341 e. The molecule has 11 heteroatoms. The molecule has 1 aliphatic heterocycles. The molecule has 0 bridgehead atoms. The molecule has 1 fully saturated rings. The lowest BCUT2D eigenvalue weighted by Crippen LogP contribution is -2.19. The highest BCUT2D eigenvalue weighted by atomic mass is 32.2. The second-order valence-corrected chi connectivity index (χ2v) is 10.7. The predicted molar refractivity (Wildman–Crippen MR) is 133 cm³/mol. The predicted octanol–water partition coefficient (Wildman–Crippen LogP) is 4.48. The molecule has 1 amide bonds. The van der Waals surface area contributed by atoms with Crippen molar-refractivity contribution in [3.63, 3.8) is 0 Å². The first-order valence-electron chi connectivity index (χ1n) is 11.8. The molecule has 4 heterocycles. The van der Waals surface area contributed by atoms with Gasteiger partial charge in [-0.25, -0.2) is 4.79 Å². The van der Waals surface area contributed by atoms with Gasteiger partial charge in [0.05, 0.1) is 42.9 Å². The summed E-state index contributed by atoms with van der Waals surface area (Å²) in [6, 6.07) is 1.87. The Kier molecular flexibility index (Phi) is 7.26. The highest BCUT2D eigenvalue weighted by Gasteiger charge is 2.28. The van der Waals surface area contributed by atoms with Gasteiger partial charge >= 0.3 is 5.97 Å². The largest absolute Gasteiger partial charge is 0.469 e. The topological polar surface area (TPSA) is 108 Å². The minimum absolute atomic E-state index is 0.0881. The maximum Gasteiger partial charge on any atom is 0.341 e. The number of thioether (sulfide) groups is 1. The number of amides is 1. The number of carbonyl (C=O) groups excluding carboxylic acids is 2. The lowest BCUT2D eigenvalue weighted by Gasteiger charge is -2.14. The maximum atomic E-state index is 12.9. The summed E-state index contributed by atoms with van der Waals surface area (Å²) in [6.45, 7) is 3.26. The monoisotopic (exact) mass is 516 g/mol. The number of nitrogens with one attached hydrogen (secondary N) is 1. The Morgan fingerprint density at radius 1 is 1.29 bits per heavy atom. The van der Waals surface area contributed by atoms with E-state index in [2.05, 4.69) is 15.5 Å². The van der Waals surface area contributed by atoms with Gasteiger partial charge in [0.15, 0.2) is 11.0 Å². The first-order chi connectivity index (χ1) is 17.0. The van der Waals surface area contributed by atoms with Gasteiger partial charge in [0.1, 0.15) is 10.8 Å². The van der Waals surface area contributed by atoms with Crippen LogP contribution in [0.2, 0.25) is 0 Å². The van der Waals surface area contributed by atoms with E-state index in [4.69, 9.17) is 13.9 Å². The van der Waals surface area contributed by atoms with Crippen molar-refractivity contribution >= 4 is 40.0 Å². The van der Waals surface area contributed by atoms with Gasteiger partial charge in [0.2, 0.25) is 5.91 Å². The van der Waals surface area contributed by atoms with E-state index in [1.54, 1.807) is 6.26 Å². The molecule has 3 aromatic heterocycles. The Morgan fingerprint density at radius 3 is 2.89 bits per heavy atom. The van der Waals surface area contributed by atoms with Crippen molar-refractivity contribution in [1.82, 2.24) is 14.8 Å². The number of hydrogen-bond donors (Lipinski definition) is 1. The van der Waals surface area contributed by atoms with Gasteiger partial charge in [-0.2, -0.15) is 0 Å². The molecule has 5 rings (SSSR count). The molecule has 1 N–H and O–H groups in total. The molecule has 1 aliphatic carbocycles. The third-order valence-electron chi connectivity index (χ3n) is 6.37. The van der Waals surface area contributed by atoms with E-state index in [0.29, 0.717) is 28.1 Å². The van der Waals surface area contributed by atoms with Gasteiger partial charge in [0, 0.05) is 11.5 Å². The molecule has 1 saturated heterocycles. The highest BCUT2D eigenvalue weighted by molar-refractivity contribution is 7.99. The second-order valence-electron chi connectivity index (χ2n) is 8.69. The Hall–Kier alpha value is -2.63. The average Bonchev–Trinajstić information content (AvgIpc) is 3.65. The van der Waals surface area contributed by atoms with Crippen molar-refractivity contribution < 1.29 is 23.5 Å². The zero-order valence-corrected chi connectivity index (χ0v) is 21.4. The zero-order chi connectivity index (χ0) is 24.4. The first kappa shape index (κ1) is 24.1. The summed E-state index contributed by atoms with van der Waals surface area (Å²) < 4.78 is 18.3. The maximum absolute atomic E-state index is 12.9. The molecular weight excluding hydrogens is 488 g/mol. The van der Waals surface area contributed by atoms with Crippen molar-refractivity contribution in [3.8, 4) is 11.4 Å². The Balaban J connectivity index is 1.33. The van der Waals surface area contributed by atoms with E-state index >= 15 is 0 Å². The third-order valence-corrected chi connectivity index (χ3v) is 8.55. The standard InChI is InChI=1S/C24H28N4O5S2/c1-14-16(9-11-32-14)21-26-27-24(28(21)12-15-6-5-10-33-15)34-13-19(29)25-22-20(23(30)31-2)17-7-3-4-8-18(17)35-22/h9,11,15H,3-8,10,12-13H2,1-2H3,(H,25,29). The van der Waals surface area contributed by atoms with E-state index < -0.39 is 5.97 Å². The van der Waals surface area contributed by atoms with Crippen molar-refractivity contribution in [2.75, 3.05) is 24.8 Å². The van der Waals surface area contributed by atoms with E-state index in [1.807, 2.05) is 17.6 Å². The molecule has 9 nitrogen and oxygen atoms in total. The molecule has 1 atom stereocenters. The first-order valence-corrected chi connectivity index (χ1v) is 13.6. The van der Waals surface area contributed by atoms with Crippen LogP contribution < -0.4 is 5.32 Å². The number of hydrogen-bond acceptors (Lipinski definition) is 9. The van der Waals surface area contributed by atoms with Gasteiger partial charge in [-0.3, -0.25) is 9.36 Å². The number of rotatable bonds is 8. The van der Waals surface area contributed by atoms with Crippen LogP contribution in [0.25, 0.3) is 11.4 Å². The Labute approximate surface area is 211 Å². The lowest BCUT2D eigenvalue weighted by atomic mass is 9.95. The van der Waals surface area contributed by atoms with Crippen LogP contribution in [-0.4, -0.2) is 52.2 Å². The lowest BCUT2D eigenvalue weighted by molar-refractivity contribution is -0.113. The van der Waals surface area contributed by atoms with Crippen LogP contribution in [-0.2, 0) is 33.7 Å². The van der Waals surface area contributed by atoms with Crippen LogP contribution in [0.1, 0.15) is 52.2 Å². The molecule has 35 heavy (non-hydrogen) atoms. The van der Waals surface area contributed by atoms with Crippen molar-refractivity contribution in [2.45, 2.75) is 63.3 Å². The summed E-state index contributed by atoms with van der Waals surface area (Å²) in [5, 5.41) is 12.9. The van der Waals surface area contributed by atoms with Gasteiger partial charge in [-0.05, 0) is 57.1 Å². The zero-order valence-electron chi connectivity index (χ0n) is 19.8. The highest BCUT2D eigenvalue weighted by Crippen LogP contribution is 2.38. The number of nitrogens with zero attached hydrogens (tertiary/aromatic N) is 3. The second kappa shape index (κ2) is 10.5. The number of methoxy groups -OCH3 is 1. The number of fused-ring (bicyclic) bond motifs is 1. The van der Waals surface area contributed by atoms with Crippen LogP contribution in [0.5, 0.6) is 0 Å². The Morgan fingerprint density at radius 2 is 2.14 bits per heavy atom. The summed E-state index contributed by atoms with van der Waals surface area (Å²) in [5.41, 5.74) is 2.40. The quantitative estimate of drug-likeness (QED) is 0.345. The van der Waals surface area contributed by atoms with E-state index in [0.717, 1.165) is 66.9 Å². The van der Waals surface area contributed by atoms with Gasteiger partial charge in [0.25, 0.3) is 0 Å². The number of ether oxygens (including phenoxy) is 2. The minimum Gasteiger partial charge on any atom is -0.469 e. The molecule has 1 unspecified atom stereocenters. The number of anilines is 1. The van der Waals surface area contributed by atoms with E-state index in [-0.39, 0.29) is 17.8 Å². The number of carbonyl (C=O) groups is 2. The Bertz CT molecular complexity index is 1220. The summed E-state index contributed by atoms with van der Waals surface area (Å²) in [5.74, 6) is 0.998. The van der Waals surface area contributed by atoms with Gasteiger partial charge in [-0.1, -0.05) is 11.8 Å². The molecular formula is C24H28N4O5S2. The number of aryl methyl sites for hydroxylation is 2. The summed E-state index contributed by atoms with van der Waals surface area (Å²) >= 11 is 2.80. The fourth-order valence-corrected chi connectivity index (χ4v) is 6.67. The van der Waals surface area contributed by atoms with Crippen LogP contribution in [0.4, 0.5) is 5.00 Å². The fraction of sp³-hybridized carbons (Fsp3) is 0.500. The molecule has 0 spiro atoms. The summed E-state index contributed by atoms with van der Waals surface area (Å²) in [4.78, 5) is 26.6. The minimum atomic E-state index is -0.399. The third kappa shape index (κ3) is 5.03. The summed E-state index contributed by atoms with van der Waals surface area (Å²) in [7, 11) is 1.37. The van der Waals surface area contributed by atoms with Crippen molar-refractivity contribution in [2.24, 2.45) is 0 Å². The SMILES string of the molecule is COC(=O)c1c(NC(=O)CSc2nnc(-c3ccoc3C)n2CC2CCCO2)sc2c1CCCC2. The number of esters is 1. The molecule has 186 valence electrons. The van der Waals surface area contributed by atoms with Crippen LogP contribution in [0, 0.1) is 6.92 Å². The van der Waals surface area contributed by atoms with Gasteiger partial charge in [-0.15, -0.1) is 21.5 Å². The van der Waals surface area contributed by atoms with Crippen molar-refractivity contribution in [3.05, 3.63) is 34.1 Å². The van der Waals surface area contributed by atoms with Crippen LogP contribution >= 0.6 is 23.1 Å². The molecule has 3 aromatic rings. The van der Waals surface area contributed by atoms with Crippen LogP contribution in [0.15, 0.2) is 21.9 Å². The molecule has 0 saturated carbocycles. The molecule has 0 radical (unpaired) electrons. The number of thiophene rings is 1. The average molecular weight is 517 g/mol. The van der Waals surface area contributed by atoms with E-state index in [1.165, 1.54) is 30.2 Å². The van der Waals surface area contributed by atoms with Gasteiger partial charge < -0.3 is 19.2 Å². The summed E-state index contributed by atoms with van der Waals surface area (Å²) in [6.07, 6.45) is 7.63. The molecule has 0 aromatic carbocycles.